The van der Waals surface area contributed by atoms with E-state index in [9.17, 15) is 0 Å². The summed E-state index contributed by atoms with van der Waals surface area (Å²) in [5.74, 6) is 1.83. The molecule has 4 rings (SSSR count). The monoisotopic (exact) mass is 363 g/mol. The van der Waals surface area contributed by atoms with Crippen LogP contribution in [0.4, 0.5) is 11.8 Å². The minimum absolute atomic E-state index is 0.274. The van der Waals surface area contributed by atoms with E-state index in [0.717, 1.165) is 36.7 Å². The molecule has 5 nitrogen and oxygen atoms in total. The Balaban J connectivity index is 1.65. The molecule has 1 aromatic heterocycles. The summed E-state index contributed by atoms with van der Waals surface area (Å²) in [4.78, 5) is 11.1. The minimum atomic E-state index is 0.274. The molecule has 1 aromatic carbocycles. The SMILES string of the molecule is Nc1nc(-c2ccc(Cl)c(Cl)c2)cc(N2CC3CCCNC3C2)n1. The molecule has 3 N–H and O–H groups in total. The Morgan fingerprint density at radius 1 is 1.12 bits per heavy atom. The Kier molecular flexibility index (Phi) is 4.24. The lowest BCUT2D eigenvalue weighted by Crippen LogP contribution is -2.40. The van der Waals surface area contributed by atoms with Gasteiger partial charge < -0.3 is 16.0 Å². The standard InChI is InChI=1S/C17H19Cl2N5/c18-12-4-3-10(6-13(12)19)14-7-16(23-17(20)22-14)24-8-11-2-1-5-21-15(11)9-24/h3-4,6-7,11,15,21H,1-2,5,8-9H2,(H2,20,22,23). The van der Waals surface area contributed by atoms with Gasteiger partial charge in [0.25, 0.3) is 0 Å². The Morgan fingerprint density at radius 3 is 2.79 bits per heavy atom. The smallest absolute Gasteiger partial charge is 0.222 e. The van der Waals surface area contributed by atoms with Crippen molar-refractivity contribution in [3.05, 3.63) is 34.3 Å². The zero-order chi connectivity index (χ0) is 16.7. The van der Waals surface area contributed by atoms with Gasteiger partial charge in [0.15, 0.2) is 0 Å². The van der Waals surface area contributed by atoms with Crippen molar-refractivity contribution in [3.63, 3.8) is 0 Å². The largest absolute Gasteiger partial charge is 0.368 e. The van der Waals surface area contributed by atoms with Crippen molar-refractivity contribution in [3.8, 4) is 11.3 Å². The van der Waals surface area contributed by atoms with Gasteiger partial charge in [0.2, 0.25) is 5.95 Å². The predicted octanol–water partition coefficient (Wildman–Crippen LogP) is 3.22. The highest BCUT2D eigenvalue weighted by atomic mass is 35.5. The number of benzene rings is 1. The summed E-state index contributed by atoms with van der Waals surface area (Å²) in [5, 5.41) is 4.64. The van der Waals surface area contributed by atoms with Crippen LogP contribution in [0.1, 0.15) is 12.8 Å². The Morgan fingerprint density at radius 2 is 2.00 bits per heavy atom. The molecule has 0 aliphatic carbocycles. The molecule has 2 saturated heterocycles. The first kappa shape index (κ1) is 15.9. The Hall–Kier alpha value is -1.56. The van der Waals surface area contributed by atoms with Gasteiger partial charge in [-0.05, 0) is 37.4 Å². The number of fused-ring (bicyclic) bond motifs is 1. The number of halogens is 2. The topological polar surface area (TPSA) is 67.1 Å². The van der Waals surface area contributed by atoms with Crippen molar-refractivity contribution in [2.24, 2.45) is 5.92 Å². The first-order valence-electron chi connectivity index (χ1n) is 8.18. The van der Waals surface area contributed by atoms with E-state index in [1.54, 1.807) is 12.1 Å². The second-order valence-electron chi connectivity index (χ2n) is 6.47. The van der Waals surface area contributed by atoms with E-state index in [1.165, 1.54) is 12.8 Å². The third-order valence-corrected chi connectivity index (χ3v) is 5.61. The van der Waals surface area contributed by atoms with Gasteiger partial charge in [-0.15, -0.1) is 0 Å². The van der Waals surface area contributed by atoms with Crippen LogP contribution in [0.25, 0.3) is 11.3 Å². The van der Waals surface area contributed by atoms with Crippen LogP contribution in [0.5, 0.6) is 0 Å². The zero-order valence-electron chi connectivity index (χ0n) is 13.2. The van der Waals surface area contributed by atoms with Crippen molar-refractivity contribution in [2.45, 2.75) is 18.9 Å². The summed E-state index contributed by atoms with van der Waals surface area (Å²) in [6, 6.07) is 7.99. The number of hydrogen-bond donors (Lipinski definition) is 2. The average Bonchev–Trinajstić information content (AvgIpc) is 3.01. The summed E-state index contributed by atoms with van der Waals surface area (Å²) in [7, 11) is 0. The number of nitrogens with two attached hydrogens (primary N) is 1. The molecule has 2 fully saturated rings. The third kappa shape index (κ3) is 3.04. The summed E-state index contributed by atoms with van der Waals surface area (Å²) in [5.41, 5.74) is 7.60. The highest BCUT2D eigenvalue weighted by Crippen LogP contribution is 2.32. The second-order valence-corrected chi connectivity index (χ2v) is 7.28. The molecular formula is C17H19Cl2N5. The van der Waals surface area contributed by atoms with Gasteiger partial charge in [-0.1, -0.05) is 29.3 Å². The number of aromatic nitrogens is 2. The Bertz CT molecular complexity index is 753. The predicted molar refractivity (Wildman–Crippen MR) is 98.6 cm³/mol. The summed E-state index contributed by atoms with van der Waals surface area (Å²) in [6.45, 7) is 3.08. The molecular weight excluding hydrogens is 345 g/mol. The molecule has 0 bridgehead atoms. The summed E-state index contributed by atoms with van der Waals surface area (Å²) < 4.78 is 0. The highest BCUT2D eigenvalue weighted by Gasteiger charge is 2.35. The van der Waals surface area contributed by atoms with Gasteiger partial charge in [0.1, 0.15) is 5.82 Å². The quantitative estimate of drug-likeness (QED) is 0.857. The maximum Gasteiger partial charge on any atom is 0.222 e. The number of nitrogen functional groups attached to an aromatic ring is 1. The molecule has 2 aromatic rings. The lowest BCUT2D eigenvalue weighted by Gasteiger charge is -2.24. The number of anilines is 2. The molecule has 0 radical (unpaired) electrons. The second kappa shape index (κ2) is 6.39. The third-order valence-electron chi connectivity index (χ3n) is 4.87. The molecule has 2 aliphatic heterocycles. The van der Waals surface area contributed by atoms with Gasteiger partial charge in [0, 0.05) is 30.8 Å². The van der Waals surface area contributed by atoms with Gasteiger partial charge in [-0.25, -0.2) is 4.98 Å². The number of nitrogens with one attached hydrogen (secondary N) is 1. The minimum Gasteiger partial charge on any atom is -0.368 e. The number of nitrogens with zero attached hydrogens (tertiary/aromatic N) is 3. The number of rotatable bonds is 2. The van der Waals surface area contributed by atoms with Crippen molar-refractivity contribution < 1.29 is 0 Å². The van der Waals surface area contributed by atoms with Crippen LogP contribution in [0.15, 0.2) is 24.3 Å². The number of piperidine rings is 1. The first-order chi connectivity index (χ1) is 11.6. The van der Waals surface area contributed by atoms with Crippen LogP contribution in [-0.4, -0.2) is 35.6 Å². The summed E-state index contributed by atoms with van der Waals surface area (Å²) >= 11 is 12.1. The summed E-state index contributed by atoms with van der Waals surface area (Å²) in [6.07, 6.45) is 2.52. The van der Waals surface area contributed by atoms with Gasteiger partial charge in [-0.3, -0.25) is 0 Å². The fraction of sp³-hybridized carbons (Fsp3) is 0.412. The normalized spacial score (nSPS) is 23.3. The van der Waals surface area contributed by atoms with Crippen LogP contribution in [0.3, 0.4) is 0 Å². The van der Waals surface area contributed by atoms with Crippen LogP contribution in [0, 0.1) is 5.92 Å². The van der Waals surface area contributed by atoms with Crippen molar-refractivity contribution in [1.29, 1.82) is 0 Å². The molecule has 2 atom stereocenters. The van der Waals surface area contributed by atoms with E-state index < -0.39 is 0 Å². The highest BCUT2D eigenvalue weighted by molar-refractivity contribution is 6.42. The number of hydrogen-bond acceptors (Lipinski definition) is 5. The van der Waals surface area contributed by atoms with E-state index in [4.69, 9.17) is 28.9 Å². The fourth-order valence-electron chi connectivity index (χ4n) is 3.65. The van der Waals surface area contributed by atoms with Crippen molar-refractivity contribution >= 4 is 35.0 Å². The molecule has 3 heterocycles. The van der Waals surface area contributed by atoms with Crippen LogP contribution in [-0.2, 0) is 0 Å². The van der Waals surface area contributed by atoms with Crippen LogP contribution >= 0.6 is 23.2 Å². The van der Waals surface area contributed by atoms with Gasteiger partial charge in [0.05, 0.1) is 15.7 Å². The zero-order valence-corrected chi connectivity index (χ0v) is 14.7. The van der Waals surface area contributed by atoms with E-state index in [0.29, 0.717) is 22.0 Å². The maximum atomic E-state index is 6.13. The van der Waals surface area contributed by atoms with Crippen LogP contribution in [0.2, 0.25) is 10.0 Å². The van der Waals surface area contributed by atoms with Crippen molar-refractivity contribution in [2.75, 3.05) is 30.3 Å². The Labute approximate surface area is 151 Å². The molecule has 0 saturated carbocycles. The van der Waals surface area contributed by atoms with Gasteiger partial charge >= 0.3 is 0 Å². The lowest BCUT2D eigenvalue weighted by molar-refractivity contribution is 0.340. The molecule has 24 heavy (non-hydrogen) atoms. The molecule has 2 aliphatic rings. The molecule has 126 valence electrons. The van der Waals surface area contributed by atoms with Crippen LogP contribution < -0.4 is 16.0 Å². The van der Waals surface area contributed by atoms with E-state index in [1.807, 2.05) is 12.1 Å². The molecule has 0 spiro atoms. The van der Waals surface area contributed by atoms with E-state index in [-0.39, 0.29) is 5.95 Å². The molecule has 7 heteroatoms. The van der Waals surface area contributed by atoms with Crippen molar-refractivity contribution in [1.82, 2.24) is 15.3 Å². The average molecular weight is 364 g/mol. The maximum absolute atomic E-state index is 6.13. The van der Waals surface area contributed by atoms with Gasteiger partial charge in [-0.2, -0.15) is 4.98 Å². The van der Waals surface area contributed by atoms with E-state index in [2.05, 4.69) is 20.2 Å². The lowest BCUT2D eigenvalue weighted by atomic mass is 9.94. The molecule has 2 unspecified atom stereocenters. The fourth-order valence-corrected chi connectivity index (χ4v) is 3.95. The molecule has 0 amide bonds. The first-order valence-corrected chi connectivity index (χ1v) is 8.94. The van der Waals surface area contributed by atoms with E-state index >= 15 is 0 Å².